The number of ether oxygens (including phenoxy) is 1. The third-order valence-electron chi connectivity index (χ3n) is 1.95. The molecular weight excluding hydrogens is 202 g/mol. The number of aliphatic hydroxyl groups is 4. The van der Waals surface area contributed by atoms with Gasteiger partial charge >= 0.3 is 0 Å². The highest BCUT2D eigenvalue weighted by atomic mass is 35.5. The quantitative estimate of drug-likeness (QED) is 0.297. The van der Waals surface area contributed by atoms with E-state index in [0.29, 0.717) is 0 Å². The molecule has 0 aromatic rings. The summed E-state index contributed by atoms with van der Waals surface area (Å²) in [6, 6.07) is -1.04. The van der Waals surface area contributed by atoms with Gasteiger partial charge in [0.2, 0.25) is 0 Å². The molecule has 13 heavy (non-hydrogen) atoms. The van der Waals surface area contributed by atoms with Gasteiger partial charge in [-0.25, -0.2) is 0 Å². The summed E-state index contributed by atoms with van der Waals surface area (Å²) in [5, 5.41) is 36.1. The molecule has 0 spiro atoms. The van der Waals surface area contributed by atoms with E-state index >= 15 is 0 Å². The van der Waals surface area contributed by atoms with Crippen molar-refractivity contribution in [1.29, 1.82) is 0 Å². The van der Waals surface area contributed by atoms with Crippen LogP contribution in [0.2, 0.25) is 0 Å². The molecule has 1 rings (SSSR count). The van der Waals surface area contributed by atoms with Crippen LogP contribution in [0.15, 0.2) is 0 Å². The molecule has 1 heterocycles. The Morgan fingerprint density at radius 3 is 2.15 bits per heavy atom. The van der Waals surface area contributed by atoms with Crippen molar-refractivity contribution < 1.29 is 37.6 Å². The van der Waals surface area contributed by atoms with Crippen LogP contribution in [-0.2, 0) is 4.74 Å². The van der Waals surface area contributed by atoms with Crippen LogP contribution in [0.1, 0.15) is 0 Å². The topological polar surface area (TPSA) is 116 Å². The van der Waals surface area contributed by atoms with E-state index < -0.39 is 37.3 Å². The second-order valence-corrected chi connectivity index (χ2v) is 2.81. The van der Waals surface area contributed by atoms with E-state index in [1.807, 2.05) is 0 Å². The van der Waals surface area contributed by atoms with Crippen LogP contribution in [0.5, 0.6) is 0 Å². The molecule has 0 radical (unpaired) electrons. The summed E-state index contributed by atoms with van der Waals surface area (Å²) < 4.78 is 4.70. The maximum absolute atomic E-state index is 9.20. The van der Waals surface area contributed by atoms with Gasteiger partial charge in [0.1, 0.15) is 18.3 Å². The summed E-state index contributed by atoms with van der Waals surface area (Å²) in [4.78, 5) is 0. The minimum Gasteiger partial charge on any atom is -1.00 e. The first-order valence-electron chi connectivity index (χ1n) is 3.64. The molecule has 6 N–H and O–H groups in total. The van der Waals surface area contributed by atoms with Gasteiger partial charge in [-0.1, -0.05) is 0 Å². The predicted molar refractivity (Wildman–Crippen MR) is 38.0 cm³/mol. The van der Waals surface area contributed by atoms with Crippen molar-refractivity contribution in [3.05, 3.63) is 0 Å². The van der Waals surface area contributed by atoms with Gasteiger partial charge < -0.3 is 43.3 Å². The first-order valence-corrected chi connectivity index (χ1v) is 3.64. The zero-order valence-corrected chi connectivity index (χ0v) is 7.50. The van der Waals surface area contributed by atoms with Crippen LogP contribution < -0.4 is 18.1 Å². The van der Waals surface area contributed by atoms with Gasteiger partial charge in [-0.2, -0.15) is 0 Å². The zero-order valence-electron chi connectivity index (χ0n) is 6.75. The fourth-order valence-electron chi connectivity index (χ4n) is 1.12. The molecule has 0 aromatic carbocycles. The van der Waals surface area contributed by atoms with E-state index in [9.17, 15) is 10.2 Å². The molecule has 0 aliphatic carbocycles. The fraction of sp³-hybridized carbons (Fsp3) is 1.00. The zero-order chi connectivity index (χ0) is 9.30. The monoisotopic (exact) mass is 214 g/mol. The van der Waals surface area contributed by atoms with Crippen molar-refractivity contribution in [1.82, 2.24) is 0 Å². The van der Waals surface area contributed by atoms with E-state index in [-0.39, 0.29) is 12.4 Å². The number of hydrogen-bond acceptors (Lipinski definition) is 6. The van der Waals surface area contributed by atoms with Crippen molar-refractivity contribution in [3.63, 3.8) is 0 Å². The van der Waals surface area contributed by atoms with Gasteiger partial charge in [0, 0.05) is 0 Å². The number of aliphatic hydroxyl groups excluding tert-OH is 4. The number of rotatable bonds is 1. The Morgan fingerprint density at radius 2 is 1.69 bits per heavy atom. The van der Waals surface area contributed by atoms with Crippen molar-refractivity contribution in [2.45, 2.75) is 30.6 Å². The predicted octanol–water partition coefficient (Wildman–Crippen LogP) is -6.25. The Hall–Kier alpha value is 0.0500. The lowest BCUT2D eigenvalue weighted by molar-refractivity contribution is -0.248. The largest absolute Gasteiger partial charge is 1.00 e. The van der Waals surface area contributed by atoms with E-state index in [2.05, 4.69) is 0 Å². The number of nitrogens with two attached hydrogens (primary N) is 1. The molecule has 6 nitrogen and oxygen atoms in total. The molecule has 1 saturated heterocycles. The smallest absolute Gasteiger partial charge is 0.173 e. The van der Waals surface area contributed by atoms with E-state index in [4.69, 9.17) is 20.7 Å². The van der Waals surface area contributed by atoms with Gasteiger partial charge in [-0.05, 0) is 0 Å². The Bertz CT molecular complexity index is 155. The van der Waals surface area contributed by atoms with Crippen molar-refractivity contribution >= 4 is 0 Å². The molecular formula is C6H13ClNO5-. The summed E-state index contributed by atoms with van der Waals surface area (Å²) in [7, 11) is 0. The first-order chi connectivity index (χ1) is 5.57. The van der Waals surface area contributed by atoms with Crippen LogP contribution in [-0.4, -0.2) is 57.7 Å². The number of hydrogen-bond donors (Lipinski definition) is 5. The molecule has 0 amide bonds. The fourth-order valence-corrected chi connectivity index (χ4v) is 1.12. The SMILES string of the molecule is NC1C(O)OC(CO)C(O)C1O.[Cl-]. The average molecular weight is 215 g/mol. The van der Waals surface area contributed by atoms with Crippen LogP contribution in [0.25, 0.3) is 0 Å². The second kappa shape index (κ2) is 5.06. The maximum atomic E-state index is 9.20. The van der Waals surface area contributed by atoms with Crippen LogP contribution >= 0.6 is 0 Å². The lowest BCUT2D eigenvalue weighted by Gasteiger charge is -2.38. The third-order valence-corrected chi connectivity index (χ3v) is 1.95. The molecule has 7 heteroatoms. The van der Waals surface area contributed by atoms with E-state index in [1.165, 1.54) is 0 Å². The highest BCUT2D eigenvalue weighted by Crippen LogP contribution is 2.17. The average Bonchev–Trinajstić information content (AvgIpc) is 2.08. The van der Waals surface area contributed by atoms with Gasteiger partial charge in [0.25, 0.3) is 0 Å². The maximum Gasteiger partial charge on any atom is 0.173 e. The first kappa shape index (κ1) is 13.1. The normalized spacial score (nSPS) is 45.5. The molecule has 0 aromatic heterocycles. The van der Waals surface area contributed by atoms with Crippen molar-refractivity contribution in [2.24, 2.45) is 5.73 Å². The van der Waals surface area contributed by atoms with E-state index in [0.717, 1.165) is 0 Å². The number of halogens is 1. The molecule has 0 saturated carbocycles. The molecule has 1 fully saturated rings. The molecule has 0 bridgehead atoms. The lowest BCUT2D eigenvalue weighted by Crippen LogP contribution is -3.00. The van der Waals surface area contributed by atoms with Crippen LogP contribution in [0.4, 0.5) is 0 Å². The molecule has 5 unspecified atom stereocenters. The Morgan fingerprint density at radius 1 is 1.15 bits per heavy atom. The summed E-state index contributed by atoms with van der Waals surface area (Å²) >= 11 is 0. The summed E-state index contributed by atoms with van der Waals surface area (Å²) in [5.74, 6) is 0. The minimum atomic E-state index is -1.35. The Kier molecular flexibility index (Phi) is 5.08. The minimum absolute atomic E-state index is 0. The highest BCUT2D eigenvalue weighted by molar-refractivity contribution is 4.90. The second-order valence-electron chi connectivity index (χ2n) is 2.81. The molecule has 80 valence electrons. The van der Waals surface area contributed by atoms with Crippen molar-refractivity contribution in [3.8, 4) is 0 Å². The highest BCUT2D eigenvalue weighted by Gasteiger charge is 2.41. The molecule has 1 aliphatic heterocycles. The van der Waals surface area contributed by atoms with E-state index in [1.54, 1.807) is 0 Å². The molecule has 1 aliphatic rings. The third kappa shape index (κ3) is 2.50. The van der Waals surface area contributed by atoms with Gasteiger partial charge in [-0.3, -0.25) is 0 Å². The lowest BCUT2D eigenvalue weighted by atomic mass is 9.98. The van der Waals surface area contributed by atoms with Crippen LogP contribution in [0, 0.1) is 0 Å². The Balaban J connectivity index is 0.00000144. The Labute approximate surface area is 81.3 Å². The van der Waals surface area contributed by atoms with Crippen LogP contribution in [0.3, 0.4) is 0 Å². The van der Waals surface area contributed by atoms with Crippen molar-refractivity contribution in [2.75, 3.05) is 6.61 Å². The standard InChI is InChI=1S/C6H13NO5.ClH/c7-3-5(10)4(9)2(1-8)12-6(3)11;/h2-6,8-11H,1,7H2;1H/p-1. The summed E-state index contributed by atoms with van der Waals surface area (Å²) in [6.45, 7) is -0.470. The summed E-state index contributed by atoms with van der Waals surface area (Å²) in [5.41, 5.74) is 5.26. The van der Waals surface area contributed by atoms with Gasteiger partial charge in [0.05, 0.1) is 12.6 Å². The van der Waals surface area contributed by atoms with Gasteiger partial charge in [0.15, 0.2) is 6.29 Å². The summed E-state index contributed by atoms with van der Waals surface area (Å²) in [6.07, 6.45) is -4.85. The van der Waals surface area contributed by atoms with Gasteiger partial charge in [-0.15, -0.1) is 0 Å². The molecule has 5 atom stereocenters.